The first-order valence-corrected chi connectivity index (χ1v) is 10.2. The molecule has 2 N–H and O–H groups in total. The van der Waals surface area contributed by atoms with E-state index < -0.39 is 0 Å². The number of rotatable bonds is 5. The van der Waals surface area contributed by atoms with Gasteiger partial charge in [-0.3, -0.25) is 9.78 Å². The number of aryl methyl sites for hydroxylation is 2. The van der Waals surface area contributed by atoms with E-state index >= 15 is 0 Å². The van der Waals surface area contributed by atoms with Crippen molar-refractivity contribution in [1.29, 1.82) is 0 Å². The Balaban J connectivity index is 1.48. The summed E-state index contributed by atoms with van der Waals surface area (Å²) in [5, 5.41) is 3.41. The van der Waals surface area contributed by atoms with Gasteiger partial charge in [-0.25, -0.2) is 9.97 Å². The Labute approximate surface area is 176 Å². The van der Waals surface area contributed by atoms with Crippen LogP contribution in [0.3, 0.4) is 0 Å². The number of anilines is 2. The molecule has 4 heterocycles. The van der Waals surface area contributed by atoms with Gasteiger partial charge in [0.1, 0.15) is 5.82 Å². The topological polar surface area (TPSA) is 86.8 Å². The summed E-state index contributed by atoms with van der Waals surface area (Å²) in [5.41, 5.74) is 4.85. The molecule has 1 fully saturated rings. The normalized spacial score (nSPS) is 16.7. The van der Waals surface area contributed by atoms with Crippen molar-refractivity contribution in [3.8, 4) is 0 Å². The minimum Gasteiger partial charge on any atom is -0.345 e. The number of nitrogens with zero attached hydrogens (tertiary/aromatic N) is 4. The molecule has 7 nitrogen and oxygen atoms in total. The molecule has 154 valence electrons. The maximum atomic E-state index is 12.6. The third kappa shape index (κ3) is 4.74. The molecule has 0 bridgehead atoms. The Hall–Kier alpha value is -3.48. The molecule has 0 aliphatic carbocycles. The van der Waals surface area contributed by atoms with Crippen molar-refractivity contribution in [1.82, 2.24) is 24.8 Å². The predicted molar refractivity (Wildman–Crippen MR) is 117 cm³/mol. The highest BCUT2D eigenvalue weighted by atomic mass is 16.2. The van der Waals surface area contributed by atoms with Crippen LogP contribution in [0, 0.1) is 13.8 Å². The number of piperidine rings is 1. The lowest BCUT2D eigenvalue weighted by atomic mass is 9.93. The van der Waals surface area contributed by atoms with Crippen LogP contribution in [0.5, 0.6) is 0 Å². The van der Waals surface area contributed by atoms with Crippen LogP contribution >= 0.6 is 0 Å². The largest absolute Gasteiger partial charge is 0.345 e. The summed E-state index contributed by atoms with van der Waals surface area (Å²) in [6, 6.07) is 8.07. The average molecular weight is 403 g/mol. The van der Waals surface area contributed by atoms with E-state index in [9.17, 15) is 4.79 Å². The van der Waals surface area contributed by atoms with Crippen LogP contribution in [0.2, 0.25) is 0 Å². The quantitative estimate of drug-likeness (QED) is 0.631. The van der Waals surface area contributed by atoms with Gasteiger partial charge in [0.05, 0.1) is 18.2 Å². The highest BCUT2D eigenvalue weighted by Gasteiger charge is 2.25. The van der Waals surface area contributed by atoms with Gasteiger partial charge >= 0.3 is 0 Å². The zero-order valence-corrected chi connectivity index (χ0v) is 17.3. The number of aromatic nitrogens is 4. The van der Waals surface area contributed by atoms with Gasteiger partial charge in [0.2, 0.25) is 5.91 Å². The van der Waals surface area contributed by atoms with Gasteiger partial charge in [0.25, 0.3) is 0 Å². The molecule has 1 aliphatic heterocycles. The Kier molecular flexibility index (Phi) is 5.88. The van der Waals surface area contributed by atoms with E-state index in [1.165, 1.54) is 0 Å². The van der Waals surface area contributed by atoms with Crippen LogP contribution in [-0.4, -0.2) is 43.8 Å². The highest BCUT2D eigenvalue weighted by Crippen LogP contribution is 2.29. The number of amides is 1. The minimum atomic E-state index is 0.0180. The molecule has 0 spiro atoms. The van der Waals surface area contributed by atoms with Crippen LogP contribution in [0.4, 0.5) is 11.5 Å². The first kappa shape index (κ1) is 19.8. The summed E-state index contributed by atoms with van der Waals surface area (Å²) in [6.45, 7) is 5.47. The average Bonchev–Trinajstić information content (AvgIpc) is 3.27. The number of likely N-dealkylation sites (tertiary alicyclic amines) is 1. The maximum Gasteiger partial charge on any atom is 0.246 e. The van der Waals surface area contributed by atoms with E-state index in [-0.39, 0.29) is 11.8 Å². The van der Waals surface area contributed by atoms with Crippen molar-refractivity contribution in [3.63, 3.8) is 0 Å². The zero-order chi connectivity index (χ0) is 20.9. The van der Waals surface area contributed by atoms with Gasteiger partial charge in [-0.2, -0.15) is 0 Å². The minimum absolute atomic E-state index is 0.0180. The molecule has 1 amide bonds. The number of aromatic amines is 1. The zero-order valence-electron chi connectivity index (χ0n) is 17.3. The second-order valence-electron chi connectivity index (χ2n) is 7.68. The second-order valence-corrected chi connectivity index (χ2v) is 7.68. The fourth-order valence-electron chi connectivity index (χ4n) is 3.77. The number of hydrogen-bond acceptors (Lipinski definition) is 5. The number of pyridine rings is 2. The second kappa shape index (κ2) is 8.90. The molecule has 30 heavy (non-hydrogen) atoms. The number of hydrogen-bond donors (Lipinski definition) is 2. The molecule has 0 saturated carbocycles. The van der Waals surface area contributed by atoms with Crippen LogP contribution in [-0.2, 0) is 4.79 Å². The van der Waals surface area contributed by atoms with Crippen molar-refractivity contribution in [2.45, 2.75) is 32.6 Å². The summed E-state index contributed by atoms with van der Waals surface area (Å²) in [6.07, 6.45) is 10.4. The van der Waals surface area contributed by atoms with Crippen molar-refractivity contribution < 1.29 is 4.79 Å². The van der Waals surface area contributed by atoms with Crippen molar-refractivity contribution in [2.75, 3.05) is 18.4 Å². The summed E-state index contributed by atoms with van der Waals surface area (Å²) >= 11 is 0. The molecule has 0 unspecified atom stereocenters. The van der Waals surface area contributed by atoms with Crippen LogP contribution < -0.4 is 5.32 Å². The summed E-state index contributed by atoms with van der Waals surface area (Å²) in [4.78, 5) is 30.7. The van der Waals surface area contributed by atoms with E-state index in [4.69, 9.17) is 4.98 Å². The Bertz CT molecular complexity index is 1040. The van der Waals surface area contributed by atoms with E-state index in [2.05, 4.69) is 26.3 Å². The molecule has 7 heteroatoms. The third-order valence-electron chi connectivity index (χ3n) is 5.32. The van der Waals surface area contributed by atoms with Crippen LogP contribution in [0.1, 0.15) is 41.4 Å². The summed E-state index contributed by atoms with van der Waals surface area (Å²) in [7, 11) is 0. The fourth-order valence-corrected chi connectivity index (χ4v) is 3.77. The summed E-state index contributed by atoms with van der Waals surface area (Å²) in [5.74, 6) is 1.08. The van der Waals surface area contributed by atoms with E-state index in [0.29, 0.717) is 6.54 Å². The van der Waals surface area contributed by atoms with Crippen molar-refractivity contribution >= 4 is 23.5 Å². The molecule has 0 aromatic carbocycles. The summed E-state index contributed by atoms with van der Waals surface area (Å²) < 4.78 is 0. The van der Waals surface area contributed by atoms with Gasteiger partial charge in [-0.1, -0.05) is 6.07 Å². The monoisotopic (exact) mass is 402 g/mol. The van der Waals surface area contributed by atoms with Crippen LogP contribution in [0.15, 0.2) is 49.1 Å². The van der Waals surface area contributed by atoms with Gasteiger partial charge in [-0.15, -0.1) is 0 Å². The lowest BCUT2D eigenvalue weighted by molar-refractivity contribution is -0.127. The predicted octanol–water partition coefficient (Wildman–Crippen LogP) is 3.98. The van der Waals surface area contributed by atoms with Gasteiger partial charge in [-0.05, 0) is 56.5 Å². The molecule has 3 aromatic rings. The maximum absolute atomic E-state index is 12.6. The molecule has 3 aromatic heterocycles. The van der Waals surface area contributed by atoms with E-state index in [1.807, 2.05) is 36.9 Å². The number of H-pyrrole nitrogens is 1. The highest BCUT2D eigenvalue weighted by molar-refractivity contribution is 5.91. The fraction of sp³-hybridized carbons (Fsp3) is 0.304. The molecule has 1 atom stereocenters. The number of nitrogens with one attached hydrogen (secondary N) is 2. The Morgan fingerprint density at radius 1 is 1.33 bits per heavy atom. The Morgan fingerprint density at radius 3 is 3.03 bits per heavy atom. The number of imidazole rings is 1. The molecular formula is C23H26N6O. The molecule has 1 saturated heterocycles. The lowest BCUT2D eigenvalue weighted by Gasteiger charge is -2.32. The first-order valence-electron chi connectivity index (χ1n) is 10.2. The van der Waals surface area contributed by atoms with Crippen molar-refractivity contribution in [2.24, 2.45) is 0 Å². The standard InChI is InChI=1S/C23H26N6O/c1-16-5-3-9-25-23(16)28-20-11-17(2)27-21(12-20)18-6-4-10-29(14-18)22(30)8-7-19-13-24-15-26-19/h3,5,7-9,11-13,15,18H,4,6,10,14H2,1-2H3,(H,24,26)(H,25,27,28)/b8-7+/t18-/m0/s1. The first-order chi connectivity index (χ1) is 14.6. The van der Waals surface area contributed by atoms with Gasteiger partial charge < -0.3 is 15.2 Å². The lowest BCUT2D eigenvalue weighted by Crippen LogP contribution is -2.38. The van der Waals surface area contributed by atoms with Gasteiger partial charge in [0.15, 0.2) is 0 Å². The third-order valence-corrected chi connectivity index (χ3v) is 5.32. The van der Waals surface area contributed by atoms with Gasteiger partial charge in [0, 0.05) is 48.4 Å². The molecule has 1 aliphatic rings. The van der Waals surface area contributed by atoms with Crippen LogP contribution in [0.25, 0.3) is 6.08 Å². The molecular weight excluding hydrogens is 376 g/mol. The smallest absolute Gasteiger partial charge is 0.246 e. The number of carbonyl (C=O) groups is 1. The Morgan fingerprint density at radius 2 is 2.23 bits per heavy atom. The van der Waals surface area contributed by atoms with E-state index in [0.717, 1.165) is 53.5 Å². The SMILES string of the molecule is Cc1cc(Nc2ncccc2C)cc([C@H]2CCCN(C(=O)/C=C/c3cnc[nH]3)C2)n1. The molecule has 0 radical (unpaired) electrons. The van der Waals surface area contributed by atoms with E-state index in [1.54, 1.807) is 30.9 Å². The molecule has 4 rings (SSSR count). The van der Waals surface area contributed by atoms with Crippen molar-refractivity contribution in [3.05, 3.63) is 71.7 Å². The number of carbonyl (C=O) groups excluding carboxylic acids is 1.